The van der Waals surface area contributed by atoms with Crippen molar-refractivity contribution in [1.82, 2.24) is 0 Å². The number of rotatable bonds is 18. The summed E-state index contributed by atoms with van der Waals surface area (Å²) in [6, 6.07) is 202. The van der Waals surface area contributed by atoms with Gasteiger partial charge in [0, 0.05) is 100 Å². The van der Waals surface area contributed by atoms with Gasteiger partial charge in [-0.3, -0.25) is 0 Å². The average Bonchev–Trinajstić information content (AvgIpc) is 1.18. The molecule has 0 radical (unpaired) electrons. The number of fused-ring (bicyclic) bond motifs is 20. The van der Waals surface area contributed by atoms with Crippen molar-refractivity contribution in [3.8, 4) is 66.8 Å². The molecule has 28 aromatic rings. The van der Waals surface area contributed by atoms with Gasteiger partial charge in [-0.05, 0) is 289 Å². The van der Waals surface area contributed by atoms with E-state index in [9.17, 15) is 0 Å². The zero-order chi connectivity index (χ0) is 96.5. The SMILES string of the molecule is c1ccc(N(c2ccccc2)c2ccc(-c3ccc(N(c4ccc(-c5ccc6c7ccccc7c7ccccc7c6c5)cc4)c4ccc(-c5cccc6c5oc5ccccc56)c5ccccc45)cc3)cc2)cc1.c1ccc(N(c2ccccc2)c2ccc(-c3ccc(N(c4ccc(-c5ccc6c7ccccc7c7ccccc7c6c5)cc4)c4ccc(-c5cccc6c5oc5ccccc56)cc4)cc3)c3ccccc23)cc1. The first kappa shape index (κ1) is 85.8. The Bertz CT molecular complexity index is 9690. The normalized spacial score (nSPS) is 11.6. The van der Waals surface area contributed by atoms with Gasteiger partial charge in [-0.2, -0.15) is 0 Å². The lowest BCUT2D eigenvalue weighted by atomic mass is 9.92. The molecule has 0 aliphatic heterocycles. The number of hydrogen-bond acceptors (Lipinski definition) is 6. The highest BCUT2D eigenvalue weighted by Gasteiger charge is 2.26. The predicted octanol–water partition coefficient (Wildman–Crippen LogP) is 40.3. The summed E-state index contributed by atoms with van der Waals surface area (Å²) in [4.78, 5) is 9.41. The number of nitrogens with zero attached hydrogens (tertiary/aromatic N) is 4. The predicted molar refractivity (Wildman–Crippen MR) is 619 cm³/mol. The summed E-state index contributed by atoms with van der Waals surface area (Å²) >= 11 is 0. The molecule has 0 saturated carbocycles. The van der Waals surface area contributed by atoms with Crippen molar-refractivity contribution in [3.63, 3.8) is 0 Å². The van der Waals surface area contributed by atoms with E-state index in [2.05, 4.69) is 560 Å². The number of para-hydroxylation sites is 8. The van der Waals surface area contributed by atoms with Gasteiger partial charge < -0.3 is 28.4 Å². The zero-order valence-corrected chi connectivity index (χ0v) is 79.7. The highest BCUT2D eigenvalue weighted by atomic mass is 16.3. The molecular formula is C140H92N4O2. The van der Waals surface area contributed by atoms with E-state index < -0.39 is 0 Å². The van der Waals surface area contributed by atoms with E-state index >= 15 is 0 Å². The molecule has 0 unspecified atom stereocenters. The Hall–Kier alpha value is -19.4. The van der Waals surface area contributed by atoms with E-state index in [-0.39, 0.29) is 0 Å². The minimum Gasteiger partial charge on any atom is -0.455 e. The van der Waals surface area contributed by atoms with Crippen molar-refractivity contribution in [3.05, 3.63) is 558 Å². The maximum Gasteiger partial charge on any atom is 0.143 e. The smallest absolute Gasteiger partial charge is 0.143 e. The van der Waals surface area contributed by atoms with Gasteiger partial charge in [-0.25, -0.2) is 0 Å². The first-order chi connectivity index (χ1) is 72.4. The van der Waals surface area contributed by atoms with Crippen molar-refractivity contribution in [1.29, 1.82) is 0 Å². The summed E-state index contributed by atoms with van der Waals surface area (Å²) in [5.41, 5.74) is 30.4. The largest absolute Gasteiger partial charge is 0.455 e. The van der Waals surface area contributed by atoms with E-state index in [1.54, 1.807) is 0 Å². The Morgan fingerprint density at radius 2 is 0.336 bits per heavy atom. The molecule has 0 amide bonds. The molecule has 0 atom stereocenters. The fourth-order valence-corrected chi connectivity index (χ4v) is 22.4. The first-order valence-corrected chi connectivity index (χ1v) is 50.0. The summed E-state index contributed by atoms with van der Waals surface area (Å²) < 4.78 is 13.1. The number of anilines is 12. The Kier molecular flexibility index (Phi) is 21.5. The fourth-order valence-electron chi connectivity index (χ4n) is 22.4. The molecule has 2 heterocycles. The molecule has 684 valence electrons. The van der Waals surface area contributed by atoms with Crippen molar-refractivity contribution < 1.29 is 8.83 Å². The molecule has 146 heavy (non-hydrogen) atoms. The van der Waals surface area contributed by atoms with Gasteiger partial charge in [0.2, 0.25) is 0 Å². The van der Waals surface area contributed by atoms with Gasteiger partial charge in [-0.15, -0.1) is 0 Å². The van der Waals surface area contributed by atoms with Crippen LogP contribution in [0.3, 0.4) is 0 Å². The maximum atomic E-state index is 6.61. The molecule has 0 spiro atoms. The Balaban J connectivity index is 0.000000145. The summed E-state index contributed by atoms with van der Waals surface area (Å²) in [7, 11) is 0. The number of furan rings is 2. The molecule has 2 aromatic heterocycles. The van der Waals surface area contributed by atoms with Gasteiger partial charge >= 0.3 is 0 Å². The quantitative estimate of drug-likeness (QED) is 0.0798. The van der Waals surface area contributed by atoms with Crippen molar-refractivity contribution >= 4 is 198 Å². The average molecular weight is 1860 g/mol. The first-order valence-electron chi connectivity index (χ1n) is 50.0. The third-order valence-corrected chi connectivity index (χ3v) is 29.3. The molecule has 6 nitrogen and oxygen atoms in total. The maximum absolute atomic E-state index is 6.61. The van der Waals surface area contributed by atoms with Gasteiger partial charge in [0.15, 0.2) is 0 Å². The van der Waals surface area contributed by atoms with E-state index in [1.165, 1.54) is 103 Å². The van der Waals surface area contributed by atoms with Crippen LogP contribution in [0.4, 0.5) is 68.2 Å². The van der Waals surface area contributed by atoms with Crippen LogP contribution < -0.4 is 19.6 Å². The zero-order valence-electron chi connectivity index (χ0n) is 79.7. The molecule has 0 fully saturated rings. The lowest BCUT2D eigenvalue weighted by Gasteiger charge is -2.28. The van der Waals surface area contributed by atoms with Gasteiger partial charge in [0.05, 0.1) is 11.4 Å². The van der Waals surface area contributed by atoms with Crippen LogP contribution in [0, 0.1) is 0 Å². The van der Waals surface area contributed by atoms with E-state index in [0.29, 0.717) is 0 Å². The monoisotopic (exact) mass is 1860 g/mol. The van der Waals surface area contributed by atoms with Crippen LogP contribution in [0.5, 0.6) is 0 Å². The summed E-state index contributed by atoms with van der Waals surface area (Å²) in [6.07, 6.45) is 0. The lowest BCUT2D eigenvalue weighted by molar-refractivity contribution is 0.669. The molecule has 0 bridgehead atoms. The second-order valence-corrected chi connectivity index (χ2v) is 37.6. The lowest BCUT2D eigenvalue weighted by Crippen LogP contribution is -2.10. The highest BCUT2D eigenvalue weighted by molar-refractivity contribution is 6.28. The Morgan fingerprint density at radius 3 is 0.692 bits per heavy atom. The summed E-state index contributed by atoms with van der Waals surface area (Å²) in [5, 5.41) is 24.5. The standard InChI is InChI=1S/2C70H46N2O/c1-3-16-51(17-4-1)72(52-18-5-2-6-19-52)68-45-44-56(58-20-11-12-25-64(58)68)48-32-39-54(40-33-48)71(55-41-34-49(35-42-55)57-27-15-28-66-65-26-13-14-29-69(65)73-70(57)66)53-37-30-47(31-38-53)50-36-43-63-61-23-8-7-21-59(61)60-22-9-10-24-62(60)67(63)46-50;1-3-16-51(17-4-1)71(52-18-5-2-6-19-52)53-37-30-47(31-38-53)48-32-39-54(40-33-48)72(68-45-44-61(59-23-11-12-25-63(59)68)65-27-15-28-66-64-26-13-14-29-69(64)73-70(65)66)55-41-34-49(35-42-55)50-36-43-62-58-22-8-7-20-56(58)57-21-9-10-24-60(57)67(62)46-50/h2*1-46H. The van der Waals surface area contributed by atoms with Crippen LogP contribution in [-0.2, 0) is 0 Å². The van der Waals surface area contributed by atoms with Crippen molar-refractivity contribution in [2.24, 2.45) is 0 Å². The second-order valence-electron chi connectivity index (χ2n) is 37.6. The van der Waals surface area contributed by atoms with Crippen LogP contribution >= 0.6 is 0 Å². The van der Waals surface area contributed by atoms with Gasteiger partial charge in [0.1, 0.15) is 22.3 Å². The molecule has 28 rings (SSSR count). The van der Waals surface area contributed by atoms with Crippen LogP contribution in [0.25, 0.3) is 197 Å². The molecule has 0 saturated heterocycles. The topological polar surface area (TPSA) is 39.2 Å². The molecule has 0 aliphatic carbocycles. The second kappa shape index (κ2) is 36.7. The number of hydrogen-bond donors (Lipinski definition) is 0. The molecule has 26 aromatic carbocycles. The van der Waals surface area contributed by atoms with Gasteiger partial charge in [-0.1, -0.05) is 400 Å². The Morgan fingerprint density at radius 1 is 0.110 bits per heavy atom. The molecular weight excluding hydrogens is 1770 g/mol. The minimum absolute atomic E-state index is 0.895. The Labute approximate surface area is 845 Å². The fraction of sp³-hybridized carbons (Fsp3) is 0. The molecule has 0 N–H and O–H groups in total. The summed E-state index contributed by atoms with van der Waals surface area (Å²) in [5.74, 6) is 0. The van der Waals surface area contributed by atoms with Crippen molar-refractivity contribution in [2.75, 3.05) is 19.6 Å². The van der Waals surface area contributed by atoms with Crippen LogP contribution in [0.15, 0.2) is 567 Å². The third-order valence-electron chi connectivity index (χ3n) is 29.3. The van der Waals surface area contributed by atoms with Crippen LogP contribution in [0.2, 0.25) is 0 Å². The van der Waals surface area contributed by atoms with E-state index in [4.69, 9.17) is 8.83 Å². The molecule has 6 heteroatoms. The van der Waals surface area contributed by atoms with Crippen LogP contribution in [0.1, 0.15) is 0 Å². The number of benzene rings is 26. The highest BCUT2D eigenvalue weighted by Crippen LogP contribution is 2.51. The third kappa shape index (κ3) is 15.3. The summed E-state index contributed by atoms with van der Waals surface area (Å²) in [6.45, 7) is 0. The van der Waals surface area contributed by atoms with E-state index in [0.717, 1.165) is 162 Å². The van der Waals surface area contributed by atoms with Crippen LogP contribution in [-0.4, -0.2) is 0 Å². The van der Waals surface area contributed by atoms with Crippen molar-refractivity contribution in [2.45, 2.75) is 0 Å². The molecule has 0 aliphatic rings. The van der Waals surface area contributed by atoms with Gasteiger partial charge in [0.25, 0.3) is 0 Å². The van der Waals surface area contributed by atoms with E-state index in [1.807, 2.05) is 18.2 Å². The minimum atomic E-state index is 0.895.